The Hall–Kier alpha value is -1.55. The Bertz CT molecular complexity index is 406. The maximum absolute atomic E-state index is 12.0. The normalized spacial score (nSPS) is 24.3. The highest BCUT2D eigenvalue weighted by molar-refractivity contribution is 5.96. The molecule has 1 saturated heterocycles. The van der Waals surface area contributed by atoms with Crippen LogP contribution in [0, 0.1) is 0 Å². The maximum Gasteiger partial charge on any atom is 0.255 e. The van der Waals surface area contributed by atoms with E-state index in [1.807, 2.05) is 0 Å². The number of nitrogens with one attached hydrogen (secondary N) is 2. The average Bonchev–Trinajstić information content (AvgIpc) is 2.32. The van der Waals surface area contributed by atoms with Crippen LogP contribution in [-0.4, -0.2) is 29.6 Å². The fourth-order valence-electron chi connectivity index (χ4n) is 2.15. The lowest BCUT2D eigenvalue weighted by molar-refractivity contribution is 0.0917. The summed E-state index contributed by atoms with van der Waals surface area (Å²) in [6.45, 7) is 3.07. The number of hydrogen-bond donors (Lipinski definition) is 3. The van der Waals surface area contributed by atoms with Crippen molar-refractivity contribution in [2.24, 2.45) is 0 Å². The molecule has 1 aliphatic heterocycles. The van der Waals surface area contributed by atoms with Crippen LogP contribution < -0.4 is 10.6 Å². The minimum atomic E-state index is -0.205. The van der Waals surface area contributed by atoms with Gasteiger partial charge in [-0.15, -0.1) is 0 Å². The first-order valence-corrected chi connectivity index (χ1v) is 6.00. The molecule has 2 atom stereocenters. The second-order valence-corrected chi connectivity index (χ2v) is 4.48. The number of amides is 1. The fourth-order valence-corrected chi connectivity index (χ4v) is 2.15. The van der Waals surface area contributed by atoms with Crippen LogP contribution in [-0.2, 0) is 0 Å². The van der Waals surface area contributed by atoms with Crippen LogP contribution in [0.1, 0.15) is 30.1 Å². The molecular formula is C13H18N2O2. The summed E-state index contributed by atoms with van der Waals surface area (Å²) in [6, 6.07) is 7.02. The monoisotopic (exact) mass is 234 g/mol. The SMILES string of the molecule is CC1NCCCC1NC(=O)c1ccccc1O. The maximum atomic E-state index is 12.0. The van der Waals surface area contributed by atoms with Gasteiger partial charge in [-0.05, 0) is 38.4 Å². The van der Waals surface area contributed by atoms with Crippen molar-refractivity contribution in [2.75, 3.05) is 6.54 Å². The molecule has 1 aromatic rings. The minimum absolute atomic E-state index is 0.0291. The quantitative estimate of drug-likeness (QED) is 0.722. The summed E-state index contributed by atoms with van der Waals surface area (Å²) in [7, 11) is 0. The first kappa shape index (κ1) is 11.9. The van der Waals surface area contributed by atoms with E-state index in [2.05, 4.69) is 17.6 Å². The van der Waals surface area contributed by atoms with Crippen molar-refractivity contribution in [3.05, 3.63) is 29.8 Å². The molecule has 17 heavy (non-hydrogen) atoms. The van der Waals surface area contributed by atoms with Gasteiger partial charge in [-0.25, -0.2) is 0 Å². The highest BCUT2D eigenvalue weighted by Gasteiger charge is 2.23. The number of para-hydroxylation sites is 1. The molecule has 92 valence electrons. The number of carbonyl (C=O) groups excluding carboxylic acids is 1. The Balaban J connectivity index is 2.04. The van der Waals surface area contributed by atoms with Crippen LogP contribution in [0.2, 0.25) is 0 Å². The van der Waals surface area contributed by atoms with Crippen molar-refractivity contribution < 1.29 is 9.90 Å². The molecule has 0 aromatic heterocycles. The summed E-state index contributed by atoms with van der Waals surface area (Å²) >= 11 is 0. The van der Waals surface area contributed by atoms with Crippen LogP contribution in [0.15, 0.2) is 24.3 Å². The molecule has 0 aliphatic carbocycles. The molecule has 1 aromatic carbocycles. The summed E-state index contributed by atoms with van der Waals surface area (Å²) < 4.78 is 0. The zero-order valence-electron chi connectivity index (χ0n) is 9.94. The second-order valence-electron chi connectivity index (χ2n) is 4.48. The van der Waals surface area contributed by atoms with E-state index < -0.39 is 0 Å². The molecular weight excluding hydrogens is 216 g/mol. The number of benzene rings is 1. The number of phenolic OH excluding ortho intramolecular Hbond substituents is 1. The summed E-state index contributed by atoms with van der Waals surface area (Å²) in [6.07, 6.45) is 2.05. The molecule has 0 spiro atoms. The van der Waals surface area contributed by atoms with Gasteiger partial charge in [0.05, 0.1) is 5.56 Å². The Kier molecular flexibility index (Phi) is 3.64. The third-order valence-corrected chi connectivity index (χ3v) is 3.23. The van der Waals surface area contributed by atoms with Gasteiger partial charge in [-0.2, -0.15) is 0 Å². The summed E-state index contributed by atoms with van der Waals surface area (Å²) in [5.74, 6) is -0.176. The number of hydrogen-bond acceptors (Lipinski definition) is 3. The third kappa shape index (κ3) is 2.77. The Labute approximate surface area is 101 Å². The van der Waals surface area contributed by atoms with Crippen LogP contribution in [0.25, 0.3) is 0 Å². The highest BCUT2D eigenvalue weighted by Crippen LogP contribution is 2.16. The lowest BCUT2D eigenvalue weighted by atomic mass is 9.99. The summed E-state index contributed by atoms with van der Waals surface area (Å²) in [5.41, 5.74) is 0.338. The smallest absolute Gasteiger partial charge is 0.255 e. The first-order chi connectivity index (χ1) is 8.18. The predicted octanol–water partition coefficient (Wildman–Crippen LogP) is 1.26. The second kappa shape index (κ2) is 5.19. The van der Waals surface area contributed by atoms with Crippen molar-refractivity contribution in [1.82, 2.24) is 10.6 Å². The van der Waals surface area contributed by atoms with Gasteiger partial charge < -0.3 is 15.7 Å². The van der Waals surface area contributed by atoms with Crippen LogP contribution in [0.4, 0.5) is 0 Å². The van der Waals surface area contributed by atoms with Crippen molar-refractivity contribution >= 4 is 5.91 Å². The zero-order valence-corrected chi connectivity index (χ0v) is 9.94. The van der Waals surface area contributed by atoms with Gasteiger partial charge in [-0.3, -0.25) is 4.79 Å². The molecule has 0 saturated carbocycles. The largest absolute Gasteiger partial charge is 0.507 e. The highest BCUT2D eigenvalue weighted by atomic mass is 16.3. The zero-order chi connectivity index (χ0) is 12.3. The van der Waals surface area contributed by atoms with Crippen LogP contribution in [0.3, 0.4) is 0 Å². The molecule has 1 heterocycles. The molecule has 2 rings (SSSR count). The van der Waals surface area contributed by atoms with Gasteiger partial charge in [0.2, 0.25) is 0 Å². The Morgan fingerprint density at radius 2 is 2.24 bits per heavy atom. The van der Waals surface area contributed by atoms with E-state index in [4.69, 9.17) is 0 Å². The Morgan fingerprint density at radius 1 is 1.47 bits per heavy atom. The summed E-state index contributed by atoms with van der Waals surface area (Å²) in [4.78, 5) is 12.0. The minimum Gasteiger partial charge on any atom is -0.507 e. The lowest BCUT2D eigenvalue weighted by Gasteiger charge is -2.30. The standard InChI is InChI=1S/C13H18N2O2/c1-9-11(6-4-8-14-9)15-13(17)10-5-2-3-7-12(10)16/h2-3,5,7,9,11,14,16H,4,6,8H2,1H3,(H,15,17). The van der Waals surface area contributed by atoms with Gasteiger partial charge in [0.15, 0.2) is 0 Å². The van der Waals surface area contributed by atoms with Crippen LogP contribution in [0.5, 0.6) is 5.75 Å². The van der Waals surface area contributed by atoms with E-state index in [0.29, 0.717) is 5.56 Å². The van der Waals surface area contributed by atoms with E-state index in [-0.39, 0.29) is 23.7 Å². The average molecular weight is 234 g/mol. The van der Waals surface area contributed by atoms with E-state index in [9.17, 15) is 9.90 Å². The van der Waals surface area contributed by atoms with E-state index in [1.165, 1.54) is 6.07 Å². The number of phenols is 1. The van der Waals surface area contributed by atoms with Crippen molar-refractivity contribution in [3.8, 4) is 5.75 Å². The molecule has 0 bridgehead atoms. The van der Waals surface area contributed by atoms with E-state index in [0.717, 1.165) is 19.4 Å². The molecule has 4 nitrogen and oxygen atoms in total. The van der Waals surface area contributed by atoms with E-state index >= 15 is 0 Å². The molecule has 1 aliphatic rings. The predicted molar refractivity (Wildman–Crippen MR) is 66.1 cm³/mol. The number of rotatable bonds is 2. The van der Waals surface area contributed by atoms with Crippen molar-refractivity contribution in [3.63, 3.8) is 0 Å². The lowest BCUT2D eigenvalue weighted by Crippen LogP contribution is -2.51. The Morgan fingerprint density at radius 3 is 2.94 bits per heavy atom. The molecule has 4 heteroatoms. The van der Waals surface area contributed by atoms with Gasteiger partial charge in [-0.1, -0.05) is 12.1 Å². The number of piperidine rings is 1. The van der Waals surface area contributed by atoms with Crippen molar-refractivity contribution in [1.29, 1.82) is 0 Å². The number of aromatic hydroxyl groups is 1. The number of carbonyl (C=O) groups is 1. The van der Waals surface area contributed by atoms with Gasteiger partial charge in [0.1, 0.15) is 5.75 Å². The van der Waals surface area contributed by atoms with Crippen molar-refractivity contribution in [2.45, 2.75) is 31.8 Å². The van der Waals surface area contributed by atoms with Gasteiger partial charge >= 0.3 is 0 Å². The molecule has 0 radical (unpaired) electrons. The topological polar surface area (TPSA) is 61.4 Å². The third-order valence-electron chi connectivity index (χ3n) is 3.23. The molecule has 2 unspecified atom stereocenters. The molecule has 3 N–H and O–H groups in total. The van der Waals surface area contributed by atoms with Gasteiger partial charge in [0.25, 0.3) is 5.91 Å². The van der Waals surface area contributed by atoms with E-state index in [1.54, 1.807) is 18.2 Å². The fraction of sp³-hybridized carbons (Fsp3) is 0.462. The van der Waals surface area contributed by atoms with Crippen LogP contribution >= 0.6 is 0 Å². The molecule has 1 fully saturated rings. The first-order valence-electron chi connectivity index (χ1n) is 6.00. The molecule has 1 amide bonds. The van der Waals surface area contributed by atoms with Gasteiger partial charge in [0, 0.05) is 12.1 Å². The summed E-state index contributed by atoms with van der Waals surface area (Å²) in [5, 5.41) is 15.9.